The molecule has 5 nitrogen and oxygen atoms in total. The van der Waals surface area contributed by atoms with Gasteiger partial charge in [0.1, 0.15) is 0 Å². The highest BCUT2D eigenvalue weighted by Crippen LogP contribution is 2.41. The first-order valence-electron chi connectivity index (χ1n) is 9.92. The monoisotopic (exact) mass is 391 g/mol. The molecule has 0 aromatic heterocycles. The minimum atomic E-state index is -4.35. The van der Waals surface area contributed by atoms with Gasteiger partial charge in [0.2, 0.25) is 5.91 Å². The number of carbonyl (C=O) groups excluding carboxylic acids is 1. The van der Waals surface area contributed by atoms with Gasteiger partial charge in [0.25, 0.3) is 0 Å². The second-order valence-corrected chi connectivity index (χ2v) is 9.21. The van der Waals surface area contributed by atoms with Crippen molar-refractivity contribution in [2.75, 3.05) is 45.9 Å². The molecular weight excluding hydrogens is 359 g/mol. The highest BCUT2D eigenvalue weighted by molar-refractivity contribution is 5.80. The van der Waals surface area contributed by atoms with Crippen LogP contribution >= 0.6 is 0 Å². The average molecular weight is 391 g/mol. The molecule has 27 heavy (non-hydrogen) atoms. The molecule has 3 rings (SSSR count). The molecule has 0 aromatic carbocycles. The van der Waals surface area contributed by atoms with E-state index in [0.29, 0.717) is 19.8 Å². The van der Waals surface area contributed by atoms with Gasteiger partial charge in [-0.05, 0) is 34.1 Å². The lowest BCUT2D eigenvalue weighted by Gasteiger charge is -2.33. The molecule has 0 aromatic rings. The topological polar surface area (TPSA) is 36.0 Å². The van der Waals surface area contributed by atoms with E-state index in [1.807, 2.05) is 27.7 Å². The molecule has 156 valence electrons. The number of likely N-dealkylation sites (tertiary alicyclic amines) is 2. The normalized spacial score (nSPS) is 34.4. The van der Waals surface area contributed by atoms with Gasteiger partial charge in [0.15, 0.2) is 0 Å². The van der Waals surface area contributed by atoms with E-state index < -0.39 is 18.0 Å². The Morgan fingerprint density at radius 2 is 1.67 bits per heavy atom. The van der Waals surface area contributed by atoms with Crippen LogP contribution in [0.1, 0.15) is 34.1 Å². The highest BCUT2D eigenvalue weighted by atomic mass is 19.4. The molecule has 0 aliphatic carbocycles. The van der Waals surface area contributed by atoms with Gasteiger partial charge >= 0.3 is 6.18 Å². The lowest BCUT2D eigenvalue weighted by molar-refractivity contribution is -0.186. The third-order valence-electron chi connectivity index (χ3n) is 6.40. The second-order valence-electron chi connectivity index (χ2n) is 9.21. The number of alkyl halides is 3. The van der Waals surface area contributed by atoms with Crippen molar-refractivity contribution in [1.29, 1.82) is 0 Å². The molecule has 0 bridgehead atoms. The summed E-state index contributed by atoms with van der Waals surface area (Å²) in [6.45, 7) is 11.3. The predicted molar refractivity (Wildman–Crippen MR) is 96.3 cm³/mol. The van der Waals surface area contributed by atoms with Crippen molar-refractivity contribution in [3.63, 3.8) is 0 Å². The SMILES string of the molecule is CC1CC(N2CCOCC2)CN1C(=O)[C@@H]1CN(C(C)(C)C)C[C@H]1C(F)(F)F. The summed E-state index contributed by atoms with van der Waals surface area (Å²) < 4.78 is 46.4. The lowest BCUT2D eigenvalue weighted by atomic mass is 9.94. The number of nitrogens with zero attached hydrogens (tertiary/aromatic N) is 3. The maximum atomic E-state index is 13.7. The van der Waals surface area contributed by atoms with Gasteiger partial charge in [-0.25, -0.2) is 0 Å². The van der Waals surface area contributed by atoms with Crippen LogP contribution < -0.4 is 0 Å². The summed E-state index contributed by atoms with van der Waals surface area (Å²) in [7, 11) is 0. The molecule has 3 aliphatic heterocycles. The summed E-state index contributed by atoms with van der Waals surface area (Å²) in [6, 6.07) is 0.195. The summed E-state index contributed by atoms with van der Waals surface area (Å²) in [4.78, 5) is 19.0. The van der Waals surface area contributed by atoms with Crippen LogP contribution in [0, 0.1) is 11.8 Å². The van der Waals surface area contributed by atoms with Crippen LogP contribution in [0.3, 0.4) is 0 Å². The predicted octanol–water partition coefficient (Wildman–Crippen LogP) is 2.22. The van der Waals surface area contributed by atoms with Crippen molar-refractivity contribution in [3.05, 3.63) is 0 Å². The first kappa shape index (κ1) is 20.9. The maximum absolute atomic E-state index is 13.7. The van der Waals surface area contributed by atoms with Gasteiger partial charge in [-0.2, -0.15) is 13.2 Å². The van der Waals surface area contributed by atoms with Crippen LogP contribution in [0.25, 0.3) is 0 Å². The summed E-state index contributed by atoms with van der Waals surface area (Å²) >= 11 is 0. The van der Waals surface area contributed by atoms with Crippen molar-refractivity contribution >= 4 is 5.91 Å². The number of carbonyl (C=O) groups is 1. The summed E-state index contributed by atoms with van der Waals surface area (Å²) in [5.74, 6) is -2.92. The van der Waals surface area contributed by atoms with E-state index in [1.165, 1.54) is 0 Å². The molecule has 0 N–H and O–H groups in total. The number of rotatable bonds is 2. The Bertz CT molecular complexity index is 543. The van der Waals surface area contributed by atoms with Gasteiger partial charge in [-0.1, -0.05) is 0 Å². The van der Waals surface area contributed by atoms with Crippen molar-refractivity contribution in [1.82, 2.24) is 14.7 Å². The van der Waals surface area contributed by atoms with Crippen LogP contribution in [-0.4, -0.2) is 90.3 Å². The zero-order valence-electron chi connectivity index (χ0n) is 16.8. The second kappa shape index (κ2) is 7.52. The zero-order chi connectivity index (χ0) is 20.0. The number of hydrogen-bond donors (Lipinski definition) is 0. The van der Waals surface area contributed by atoms with Crippen molar-refractivity contribution in [2.24, 2.45) is 11.8 Å². The maximum Gasteiger partial charge on any atom is 0.393 e. The first-order chi connectivity index (χ1) is 12.5. The van der Waals surface area contributed by atoms with Crippen LogP contribution in [0.15, 0.2) is 0 Å². The summed E-state index contributed by atoms with van der Waals surface area (Å²) in [6.07, 6.45) is -3.54. The number of hydrogen-bond acceptors (Lipinski definition) is 4. The van der Waals surface area contributed by atoms with Crippen molar-refractivity contribution in [2.45, 2.75) is 57.9 Å². The Morgan fingerprint density at radius 3 is 2.22 bits per heavy atom. The van der Waals surface area contributed by atoms with Crippen LogP contribution in [0.5, 0.6) is 0 Å². The largest absolute Gasteiger partial charge is 0.393 e. The molecule has 0 saturated carbocycles. The number of morpholine rings is 1. The van der Waals surface area contributed by atoms with Crippen molar-refractivity contribution in [3.8, 4) is 0 Å². The quantitative estimate of drug-likeness (QED) is 0.723. The number of ether oxygens (including phenoxy) is 1. The van der Waals surface area contributed by atoms with E-state index in [9.17, 15) is 18.0 Å². The van der Waals surface area contributed by atoms with Gasteiger partial charge in [-0.3, -0.25) is 14.6 Å². The standard InChI is InChI=1S/C19H32F3N3O2/c1-13-9-14(23-5-7-27-8-6-23)10-25(13)17(26)15-11-24(18(2,3)4)12-16(15)19(20,21)22/h13-16H,5-12H2,1-4H3/t13?,14?,15-,16-/m1/s1. The Labute approximate surface area is 159 Å². The van der Waals surface area contributed by atoms with Gasteiger partial charge in [0, 0.05) is 50.3 Å². The van der Waals surface area contributed by atoms with Gasteiger partial charge in [-0.15, -0.1) is 0 Å². The van der Waals surface area contributed by atoms with Crippen molar-refractivity contribution < 1.29 is 22.7 Å². The molecule has 0 radical (unpaired) electrons. The zero-order valence-corrected chi connectivity index (χ0v) is 16.8. The minimum Gasteiger partial charge on any atom is -0.379 e. The van der Waals surface area contributed by atoms with E-state index in [4.69, 9.17) is 4.74 Å². The highest BCUT2D eigenvalue weighted by Gasteiger charge is 2.55. The number of halogens is 3. The van der Waals surface area contributed by atoms with Crippen LogP contribution in [-0.2, 0) is 9.53 Å². The molecule has 8 heteroatoms. The third-order valence-corrected chi connectivity index (χ3v) is 6.40. The average Bonchev–Trinajstić information content (AvgIpc) is 3.18. The Hall–Kier alpha value is -0.860. The van der Waals surface area contributed by atoms with E-state index >= 15 is 0 Å². The van der Waals surface area contributed by atoms with E-state index in [0.717, 1.165) is 19.5 Å². The molecule has 4 atom stereocenters. The summed E-state index contributed by atoms with van der Waals surface area (Å²) in [5.41, 5.74) is -0.383. The smallest absolute Gasteiger partial charge is 0.379 e. The molecule has 2 unspecified atom stereocenters. The molecule has 3 aliphatic rings. The first-order valence-corrected chi connectivity index (χ1v) is 9.92. The fourth-order valence-electron chi connectivity index (χ4n) is 4.66. The van der Waals surface area contributed by atoms with E-state index in [1.54, 1.807) is 9.80 Å². The van der Waals surface area contributed by atoms with Crippen LogP contribution in [0.4, 0.5) is 13.2 Å². The fraction of sp³-hybridized carbons (Fsp3) is 0.947. The van der Waals surface area contributed by atoms with Crippen LogP contribution in [0.2, 0.25) is 0 Å². The molecule has 1 amide bonds. The fourth-order valence-corrected chi connectivity index (χ4v) is 4.66. The Balaban J connectivity index is 1.72. The van der Waals surface area contributed by atoms with E-state index in [-0.39, 0.29) is 36.6 Å². The lowest BCUT2D eigenvalue weighted by Crippen LogP contribution is -2.47. The Morgan fingerprint density at radius 1 is 1.04 bits per heavy atom. The molecule has 3 heterocycles. The molecule has 3 saturated heterocycles. The van der Waals surface area contributed by atoms with Gasteiger partial charge < -0.3 is 9.64 Å². The third kappa shape index (κ3) is 4.43. The van der Waals surface area contributed by atoms with E-state index in [2.05, 4.69) is 4.90 Å². The molecule has 3 fully saturated rings. The minimum absolute atomic E-state index is 0.0251. The van der Waals surface area contributed by atoms with Gasteiger partial charge in [0.05, 0.1) is 25.0 Å². The molecular formula is C19H32F3N3O2. The molecule has 0 spiro atoms. The summed E-state index contributed by atoms with van der Waals surface area (Å²) in [5, 5.41) is 0. The Kier molecular flexibility index (Phi) is 5.81. The number of amides is 1.